The van der Waals surface area contributed by atoms with E-state index in [-0.39, 0.29) is 18.2 Å². The Hall–Kier alpha value is -1.67. The molecule has 0 amide bonds. The number of ether oxygens (including phenoxy) is 2. The summed E-state index contributed by atoms with van der Waals surface area (Å²) in [6.45, 7) is 9.94. The lowest BCUT2D eigenvalue weighted by atomic mass is 9.80. The molecule has 2 atom stereocenters. The first kappa shape index (κ1) is 25.0. The second-order valence-corrected chi connectivity index (χ2v) is 9.00. The van der Waals surface area contributed by atoms with Crippen molar-refractivity contribution < 1.29 is 14.6 Å². The second kappa shape index (κ2) is 13.1. The van der Waals surface area contributed by atoms with E-state index in [9.17, 15) is 5.11 Å². The summed E-state index contributed by atoms with van der Waals surface area (Å²) in [4.78, 5) is 7.57. The Labute approximate surface area is 193 Å². The lowest BCUT2D eigenvalue weighted by Crippen LogP contribution is -2.56. The molecule has 3 N–H and O–H groups in total. The second-order valence-electron chi connectivity index (χ2n) is 9.00. The van der Waals surface area contributed by atoms with Crippen LogP contribution in [0.1, 0.15) is 57.6 Å². The number of aliphatic hydroxyl groups is 1. The van der Waals surface area contributed by atoms with E-state index in [0.29, 0.717) is 6.54 Å². The molecule has 180 valence electrons. The van der Waals surface area contributed by atoms with Crippen LogP contribution in [-0.4, -0.2) is 80.2 Å². The fourth-order valence-corrected chi connectivity index (χ4v) is 4.74. The Morgan fingerprint density at radius 1 is 1.16 bits per heavy atom. The maximum absolute atomic E-state index is 10.4. The standard InChI is InChI=1S/C25H42N4O3/c1-3-26-24(27-18-23(30)19-32-21(2)22-10-6-4-7-11-22)28-20-25(12-8-5-9-13-25)29-14-16-31-17-15-29/h4,6-7,10-11,21,23,30H,3,5,8-9,12-20H2,1-2H3,(H2,26,27,28). The molecule has 2 unspecified atom stereocenters. The van der Waals surface area contributed by atoms with Crippen molar-refractivity contribution in [2.75, 3.05) is 52.5 Å². The first-order valence-electron chi connectivity index (χ1n) is 12.3. The summed E-state index contributed by atoms with van der Waals surface area (Å²) in [7, 11) is 0. The van der Waals surface area contributed by atoms with E-state index in [2.05, 4.69) is 22.5 Å². The highest BCUT2D eigenvalue weighted by atomic mass is 16.5. The summed E-state index contributed by atoms with van der Waals surface area (Å²) in [6.07, 6.45) is 5.61. The van der Waals surface area contributed by atoms with Crippen LogP contribution in [0.5, 0.6) is 0 Å². The lowest BCUT2D eigenvalue weighted by molar-refractivity contribution is -0.0333. The fraction of sp³-hybridized carbons (Fsp3) is 0.720. The molecule has 1 heterocycles. The third-order valence-corrected chi connectivity index (χ3v) is 6.65. The molecular weight excluding hydrogens is 404 g/mol. The molecular formula is C25H42N4O3. The van der Waals surface area contributed by atoms with Crippen LogP contribution in [0.2, 0.25) is 0 Å². The molecule has 7 nitrogen and oxygen atoms in total. The normalized spacial score (nSPS) is 21.7. The topological polar surface area (TPSA) is 78.4 Å². The molecule has 1 saturated heterocycles. The molecule has 2 fully saturated rings. The Kier molecular flexibility index (Phi) is 10.2. The van der Waals surface area contributed by atoms with Gasteiger partial charge in [0.05, 0.1) is 38.6 Å². The highest BCUT2D eigenvalue weighted by Gasteiger charge is 2.38. The van der Waals surface area contributed by atoms with Gasteiger partial charge < -0.3 is 25.2 Å². The quantitative estimate of drug-likeness (QED) is 0.379. The Bertz CT molecular complexity index is 673. The maximum Gasteiger partial charge on any atom is 0.191 e. The molecule has 1 aliphatic heterocycles. The number of rotatable bonds is 10. The predicted molar refractivity (Wildman–Crippen MR) is 129 cm³/mol. The monoisotopic (exact) mass is 446 g/mol. The largest absolute Gasteiger partial charge is 0.389 e. The van der Waals surface area contributed by atoms with Crippen LogP contribution < -0.4 is 10.6 Å². The van der Waals surface area contributed by atoms with Crippen molar-refractivity contribution in [2.45, 2.75) is 63.7 Å². The molecule has 0 radical (unpaired) electrons. The van der Waals surface area contributed by atoms with Crippen molar-refractivity contribution in [2.24, 2.45) is 4.99 Å². The van der Waals surface area contributed by atoms with E-state index in [1.807, 2.05) is 37.3 Å². The third kappa shape index (κ3) is 7.44. The summed E-state index contributed by atoms with van der Waals surface area (Å²) >= 11 is 0. The van der Waals surface area contributed by atoms with Crippen LogP contribution in [0.15, 0.2) is 35.3 Å². The van der Waals surface area contributed by atoms with Gasteiger partial charge in [-0.05, 0) is 32.3 Å². The van der Waals surface area contributed by atoms with E-state index in [4.69, 9.17) is 14.5 Å². The smallest absolute Gasteiger partial charge is 0.191 e. The molecule has 0 spiro atoms. The number of morpholine rings is 1. The van der Waals surface area contributed by atoms with Crippen molar-refractivity contribution >= 4 is 5.96 Å². The number of hydrogen-bond acceptors (Lipinski definition) is 5. The Balaban J connectivity index is 1.51. The molecule has 2 aliphatic rings. The summed E-state index contributed by atoms with van der Waals surface area (Å²) in [5, 5.41) is 17.1. The number of nitrogens with one attached hydrogen (secondary N) is 2. The van der Waals surface area contributed by atoms with Crippen LogP contribution >= 0.6 is 0 Å². The van der Waals surface area contributed by atoms with Crippen molar-refractivity contribution in [1.29, 1.82) is 0 Å². The molecule has 1 aromatic carbocycles. The van der Waals surface area contributed by atoms with Crippen molar-refractivity contribution in [3.05, 3.63) is 35.9 Å². The molecule has 1 aliphatic carbocycles. The average Bonchev–Trinajstić information content (AvgIpc) is 2.86. The number of aliphatic hydroxyl groups excluding tert-OH is 1. The first-order chi connectivity index (χ1) is 15.6. The zero-order valence-electron chi connectivity index (χ0n) is 19.9. The van der Waals surface area contributed by atoms with E-state index in [1.54, 1.807) is 0 Å². The molecule has 1 saturated carbocycles. The van der Waals surface area contributed by atoms with Gasteiger partial charge in [0, 0.05) is 31.7 Å². The number of aliphatic imine (C=N–C) groups is 1. The van der Waals surface area contributed by atoms with Gasteiger partial charge in [-0.3, -0.25) is 9.89 Å². The number of guanidine groups is 1. The van der Waals surface area contributed by atoms with Crippen LogP contribution in [0, 0.1) is 0 Å². The van der Waals surface area contributed by atoms with E-state index >= 15 is 0 Å². The van der Waals surface area contributed by atoms with Crippen molar-refractivity contribution in [3.63, 3.8) is 0 Å². The summed E-state index contributed by atoms with van der Waals surface area (Å²) in [6, 6.07) is 10.1. The zero-order valence-corrected chi connectivity index (χ0v) is 19.9. The SMILES string of the molecule is CCNC(=NCC1(N2CCOCC2)CCCCC1)NCC(O)COC(C)c1ccccc1. The molecule has 3 rings (SSSR count). The highest BCUT2D eigenvalue weighted by Crippen LogP contribution is 2.34. The minimum atomic E-state index is -0.604. The van der Waals surface area contributed by atoms with E-state index in [1.165, 1.54) is 32.1 Å². The maximum atomic E-state index is 10.4. The van der Waals surface area contributed by atoms with Gasteiger partial charge in [-0.15, -0.1) is 0 Å². The predicted octanol–water partition coefficient (Wildman–Crippen LogP) is 2.72. The molecule has 7 heteroatoms. The highest BCUT2D eigenvalue weighted by molar-refractivity contribution is 5.79. The minimum Gasteiger partial charge on any atom is -0.389 e. The van der Waals surface area contributed by atoms with E-state index < -0.39 is 6.10 Å². The molecule has 32 heavy (non-hydrogen) atoms. The number of hydrogen-bond donors (Lipinski definition) is 3. The van der Waals surface area contributed by atoms with Gasteiger partial charge in [0.1, 0.15) is 0 Å². The lowest BCUT2D eigenvalue weighted by Gasteiger charge is -2.47. The van der Waals surface area contributed by atoms with Crippen LogP contribution in [0.3, 0.4) is 0 Å². The Morgan fingerprint density at radius 3 is 2.56 bits per heavy atom. The van der Waals surface area contributed by atoms with Gasteiger partial charge in [0.2, 0.25) is 0 Å². The fourth-order valence-electron chi connectivity index (χ4n) is 4.74. The van der Waals surface area contributed by atoms with E-state index in [0.717, 1.165) is 50.9 Å². The Morgan fingerprint density at radius 2 is 1.88 bits per heavy atom. The number of benzene rings is 1. The van der Waals surface area contributed by atoms with Gasteiger partial charge in [0.15, 0.2) is 5.96 Å². The van der Waals surface area contributed by atoms with Gasteiger partial charge >= 0.3 is 0 Å². The molecule has 0 aromatic heterocycles. The summed E-state index contributed by atoms with van der Waals surface area (Å²) < 4.78 is 11.5. The minimum absolute atomic E-state index is 0.0487. The zero-order chi connectivity index (χ0) is 22.7. The summed E-state index contributed by atoms with van der Waals surface area (Å²) in [5.74, 6) is 0.765. The first-order valence-corrected chi connectivity index (χ1v) is 12.3. The van der Waals surface area contributed by atoms with Crippen LogP contribution in [0.4, 0.5) is 0 Å². The van der Waals surface area contributed by atoms with Crippen LogP contribution in [0.25, 0.3) is 0 Å². The number of nitrogens with zero attached hydrogens (tertiary/aromatic N) is 2. The third-order valence-electron chi connectivity index (χ3n) is 6.65. The average molecular weight is 447 g/mol. The van der Waals surface area contributed by atoms with Crippen LogP contribution in [-0.2, 0) is 9.47 Å². The molecule has 0 bridgehead atoms. The molecule has 1 aromatic rings. The van der Waals surface area contributed by atoms with Gasteiger partial charge in [-0.2, -0.15) is 0 Å². The van der Waals surface area contributed by atoms with Crippen molar-refractivity contribution in [3.8, 4) is 0 Å². The summed E-state index contributed by atoms with van der Waals surface area (Å²) in [5.41, 5.74) is 1.25. The van der Waals surface area contributed by atoms with Gasteiger partial charge in [-0.1, -0.05) is 49.6 Å². The van der Waals surface area contributed by atoms with Gasteiger partial charge in [0.25, 0.3) is 0 Å². The van der Waals surface area contributed by atoms with Gasteiger partial charge in [-0.25, -0.2) is 0 Å². The van der Waals surface area contributed by atoms with Crippen molar-refractivity contribution in [1.82, 2.24) is 15.5 Å².